The first-order valence-electron chi connectivity index (χ1n) is 8.03. The molecule has 1 aromatic heterocycles. The number of amides is 1. The molecule has 1 amide bonds. The van der Waals surface area contributed by atoms with Crippen molar-refractivity contribution in [1.82, 2.24) is 5.16 Å². The van der Waals surface area contributed by atoms with Gasteiger partial charge in [0.1, 0.15) is 5.75 Å². The zero-order valence-corrected chi connectivity index (χ0v) is 15.3. The second-order valence-corrected chi connectivity index (χ2v) is 6.24. The maximum atomic E-state index is 12.8. The number of nitrogens with zero attached hydrogens (tertiary/aromatic N) is 1. The molecular weight excluding hydrogens is 397 g/mol. The van der Waals surface area contributed by atoms with E-state index in [1.165, 1.54) is 7.11 Å². The number of nitrogens with one attached hydrogen (secondary N) is 1. The summed E-state index contributed by atoms with van der Waals surface area (Å²) >= 11 is 5.88. The molecule has 0 atom stereocenters. The number of benzene rings is 2. The van der Waals surface area contributed by atoms with Gasteiger partial charge in [-0.1, -0.05) is 28.9 Å². The van der Waals surface area contributed by atoms with Crippen LogP contribution in [0.2, 0.25) is 5.02 Å². The number of rotatable bonds is 5. The lowest BCUT2D eigenvalue weighted by Crippen LogP contribution is -2.15. The lowest BCUT2D eigenvalue weighted by Gasteiger charge is -2.11. The second kappa shape index (κ2) is 7.93. The fourth-order valence-electron chi connectivity index (χ4n) is 2.46. The molecule has 0 saturated heterocycles. The van der Waals surface area contributed by atoms with Crippen LogP contribution < -0.4 is 10.1 Å². The number of carbonyl (C=O) groups excluding carboxylic acids is 1. The summed E-state index contributed by atoms with van der Waals surface area (Å²) < 4.78 is 48.8. The van der Waals surface area contributed by atoms with Crippen LogP contribution in [0.3, 0.4) is 0 Å². The minimum Gasteiger partial charge on any atom is -0.497 e. The van der Waals surface area contributed by atoms with Gasteiger partial charge in [0.25, 0.3) is 0 Å². The number of aromatic nitrogens is 1. The van der Waals surface area contributed by atoms with Gasteiger partial charge >= 0.3 is 6.18 Å². The number of hydrogen-bond donors (Lipinski definition) is 1. The summed E-state index contributed by atoms with van der Waals surface area (Å²) in [6.07, 6.45) is -4.73. The Labute approximate surface area is 163 Å². The Morgan fingerprint density at radius 3 is 2.71 bits per heavy atom. The Balaban J connectivity index is 1.72. The average Bonchev–Trinajstić information content (AvgIpc) is 3.11. The van der Waals surface area contributed by atoms with Crippen LogP contribution in [-0.4, -0.2) is 18.2 Å². The number of methoxy groups -OCH3 is 1. The molecule has 0 aliphatic carbocycles. The maximum absolute atomic E-state index is 12.8. The lowest BCUT2D eigenvalue weighted by molar-refractivity contribution is -0.137. The summed E-state index contributed by atoms with van der Waals surface area (Å²) in [5.74, 6) is 0.484. The minimum absolute atomic E-state index is 0.00132. The van der Waals surface area contributed by atoms with E-state index in [0.29, 0.717) is 22.8 Å². The molecule has 0 bridgehead atoms. The van der Waals surface area contributed by atoms with Gasteiger partial charge in [-0.25, -0.2) is 0 Å². The quantitative estimate of drug-likeness (QED) is 0.627. The molecule has 1 heterocycles. The Morgan fingerprint density at radius 2 is 2.00 bits per heavy atom. The highest BCUT2D eigenvalue weighted by Crippen LogP contribution is 2.34. The number of hydrogen-bond acceptors (Lipinski definition) is 4. The number of ether oxygens (including phenoxy) is 1. The van der Waals surface area contributed by atoms with Crippen LogP contribution in [0.5, 0.6) is 5.75 Å². The molecule has 0 fully saturated rings. The molecule has 3 rings (SSSR count). The summed E-state index contributed by atoms with van der Waals surface area (Å²) in [6.45, 7) is 0. The van der Waals surface area contributed by atoms with Crippen molar-refractivity contribution >= 4 is 23.2 Å². The first kappa shape index (κ1) is 19.8. The van der Waals surface area contributed by atoms with E-state index in [-0.39, 0.29) is 17.1 Å². The standard InChI is InChI=1S/C19H14ClF3N2O3/c1-27-14-4-2-3-11(7-14)17-9-13(25-28-17)10-18(26)24-16-8-12(19(21,22)23)5-6-15(16)20/h2-9H,10H2,1H3,(H,24,26). The second-order valence-electron chi connectivity index (χ2n) is 5.83. The van der Waals surface area contributed by atoms with Gasteiger partial charge in [0, 0.05) is 11.6 Å². The Bertz CT molecular complexity index is 1000. The highest BCUT2D eigenvalue weighted by molar-refractivity contribution is 6.33. The summed E-state index contributed by atoms with van der Waals surface area (Å²) in [6, 6.07) is 11.4. The zero-order valence-electron chi connectivity index (χ0n) is 14.5. The third-order valence-electron chi connectivity index (χ3n) is 3.82. The van der Waals surface area contributed by atoms with Crippen molar-refractivity contribution in [2.75, 3.05) is 12.4 Å². The van der Waals surface area contributed by atoms with E-state index < -0.39 is 17.6 Å². The van der Waals surface area contributed by atoms with E-state index in [4.69, 9.17) is 20.9 Å². The summed E-state index contributed by atoms with van der Waals surface area (Å²) in [4.78, 5) is 12.2. The van der Waals surface area contributed by atoms with E-state index in [0.717, 1.165) is 18.2 Å². The van der Waals surface area contributed by atoms with E-state index in [1.807, 2.05) is 0 Å². The van der Waals surface area contributed by atoms with Gasteiger partial charge in [-0.15, -0.1) is 0 Å². The zero-order chi connectivity index (χ0) is 20.3. The van der Waals surface area contributed by atoms with Gasteiger partial charge in [-0.2, -0.15) is 13.2 Å². The van der Waals surface area contributed by atoms with Crippen LogP contribution in [0, 0.1) is 0 Å². The summed E-state index contributed by atoms with van der Waals surface area (Å²) in [5, 5.41) is 6.18. The van der Waals surface area contributed by atoms with E-state index in [9.17, 15) is 18.0 Å². The van der Waals surface area contributed by atoms with Gasteiger partial charge < -0.3 is 14.6 Å². The summed E-state index contributed by atoms with van der Waals surface area (Å²) in [5.41, 5.74) is -0.00944. The fourth-order valence-corrected chi connectivity index (χ4v) is 2.63. The third-order valence-corrected chi connectivity index (χ3v) is 4.15. The molecule has 1 N–H and O–H groups in total. The van der Waals surface area contributed by atoms with Crippen molar-refractivity contribution < 1.29 is 27.2 Å². The number of anilines is 1. The van der Waals surface area contributed by atoms with Crippen molar-refractivity contribution in [3.05, 3.63) is 64.8 Å². The first-order valence-corrected chi connectivity index (χ1v) is 8.40. The maximum Gasteiger partial charge on any atom is 0.416 e. The predicted octanol–water partition coefficient (Wildman–Crippen LogP) is 5.20. The average molecular weight is 411 g/mol. The lowest BCUT2D eigenvalue weighted by atomic mass is 10.1. The topological polar surface area (TPSA) is 64.4 Å². The van der Waals surface area contributed by atoms with Crippen LogP contribution in [0.1, 0.15) is 11.3 Å². The van der Waals surface area contributed by atoms with Crippen LogP contribution in [0.4, 0.5) is 18.9 Å². The molecule has 0 unspecified atom stereocenters. The van der Waals surface area contributed by atoms with Crippen LogP contribution in [0.15, 0.2) is 53.1 Å². The predicted molar refractivity (Wildman–Crippen MR) is 97.3 cm³/mol. The number of halogens is 4. The number of alkyl halides is 3. The Morgan fingerprint density at radius 1 is 1.21 bits per heavy atom. The third kappa shape index (κ3) is 4.64. The van der Waals surface area contributed by atoms with Crippen molar-refractivity contribution in [3.8, 4) is 17.1 Å². The van der Waals surface area contributed by atoms with E-state index in [2.05, 4.69) is 10.5 Å². The largest absolute Gasteiger partial charge is 0.497 e. The van der Waals surface area contributed by atoms with Crippen molar-refractivity contribution in [1.29, 1.82) is 0 Å². The first-order chi connectivity index (χ1) is 13.3. The molecule has 0 aliphatic heterocycles. The van der Waals surface area contributed by atoms with Gasteiger partial charge in [0.15, 0.2) is 5.76 Å². The highest BCUT2D eigenvalue weighted by atomic mass is 35.5. The van der Waals surface area contributed by atoms with Crippen molar-refractivity contribution in [3.63, 3.8) is 0 Å². The van der Waals surface area contributed by atoms with Crippen molar-refractivity contribution in [2.45, 2.75) is 12.6 Å². The normalized spacial score (nSPS) is 11.3. The van der Waals surface area contributed by atoms with Crippen LogP contribution in [-0.2, 0) is 17.4 Å². The molecule has 0 spiro atoms. The number of carbonyl (C=O) groups is 1. The van der Waals surface area contributed by atoms with E-state index >= 15 is 0 Å². The Hall–Kier alpha value is -3.00. The van der Waals surface area contributed by atoms with Gasteiger partial charge in [-0.05, 0) is 30.3 Å². The fraction of sp³-hybridized carbons (Fsp3) is 0.158. The molecule has 28 heavy (non-hydrogen) atoms. The molecule has 0 saturated carbocycles. The molecule has 9 heteroatoms. The molecule has 0 aliphatic rings. The van der Waals surface area contributed by atoms with E-state index in [1.54, 1.807) is 30.3 Å². The molecule has 2 aromatic carbocycles. The smallest absolute Gasteiger partial charge is 0.416 e. The summed E-state index contributed by atoms with van der Waals surface area (Å²) in [7, 11) is 1.54. The molecule has 5 nitrogen and oxygen atoms in total. The highest BCUT2D eigenvalue weighted by Gasteiger charge is 2.31. The van der Waals surface area contributed by atoms with Crippen molar-refractivity contribution in [2.24, 2.45) is 0 Å². The van der Waals surface area contributed by atoms with Crippen LogP contribution >= 0.6 is 11.6 Å². The molecule has 0 radical (unpaired) electrons. The Kier molecular flexibility index (Phi) is 5.60. The SMILES string of the molecule is COc1cccc(-c2cc(CC(=O)Nc3cc(C(F)(F)F)ccc3Cl)no2)c1. The van der Waals surface area contributed by atoms with Crippen LogP contribution in [0.25, 0.3) is 11.3 Å². The minimum atomic E-state index is -4.54. The molecular formula is C19H14ClF3N2O3. The van der Waals surface area contributed by atoms with Gasteiger partial charge in [0.05, 0.1) is 35.5 Å². The molecule has 3 aromatic rings. The monoisotopic (exact) mass is 410 g/mol. The molecule has 146 valence electrons. The van der Waals surface area contributed by atoms with Gasteiger partial charge in [0.2, 0.25) is 5.91 Å². The van der Waals surface area contributed by atoms with Gasteiger partial charge in [-0.3, -0.25) is 4.79 Å².